The molecule has 0 aromatic rings. The number of carbonyl (C=O) groups is 2. The molecule has 0 spiro atoms. The van der Waals surface area contributed by atoms with E-state index in [9.17, 15) is 9.59 Å². The number of methoxy groups -OCH3 is 1. The van der Waals surface area contributed by atoms with E-state index >= 15 is 0 Å². The Kier molecular flexibility index (Phi) is 7.62. The third-order valence-corrected chi connectivity index (χ3v) is 1.98. The highest BCUT2D eigenvalue weighted by molar-refractivity contribution is 5.82. The maximum absolute atomic E-state index is 11.6. The molecule has 0 saturated carbocycles. The number of hydrogen-bond acceptors (Lipinski definition) is 4. The third-order valence-electron chi connectivity index (χ3n) is 1.98. The van der Waals surface area contributed by atoms with Crippen molar-refractivity contribution in [3.05, 3.63) is 0 Å². The highest BCUT2D eigenvalue weighted by atomic mass is 16.5. The first kappa shape index (κ1) is 13.9. The molecule has 0 saturated heterocycles. The molecule has 0 fully saturated rings. The number of esters is 1. The van der Waals surface area contributed by atoms with Crippen molar-refractivity contribution in [2.75, 3.05) is 33.8 Å². The van der Waals surface area contributed by atoms with Gasteiger partial charge in [-0.05, 0) is 13.5 Å². The molecule has 0 radical (unpaired) electrons. The van der Waals surface area contributed by atoms with Gasteiger partial charge in [0.05, 0.1) is 7.11 Å². The Balaban J connectivity index is 4.11. The van der Waals surface area contributed by atoms with E-state index in [-0.39, 0.29) is 18.4 Å². The van der Waals surface area contributed by atoms with Crippen molar-refractivity contribution in [2.24, 2.45) is 0 Å². The minimum Gasteiger partial charge on any atom is -0.468 e. The lowest BCUT2D eigenvalue weighted by Gasteiger charge is -2.20. The summed E-state index contributed by atoms with van der Waals surface area (Å²) in [6.45, 7) is 3.24. The molecule has 0 rings (SSSR count). The van der Waals surface area contributed by atoms with Crippen molar-refractivity contribution in [3.8, 4) is 0 Å². The fourth-order valence-electron chi connectivity index (χ4n) is 1.17. The summed E-state index contributed by atoms with van der Waals surface area (Å²) in [5.41, 5.74) is 0. The molecule has 0 aliphatic heterocycles. The predicted molar refractivity (Wildman–Crippen MR) is 57.4 cm³/mol. The predicted octanol–water partition coefficient (Wildman–Crippen LogP) is 0.00750. The van der Waals surface area contributed by atoms with Crippen LogP contribution in [0.25, 0.3) is 0 Å². The Morgan fingerprint density at radius 3 is 2.53 bits per heavy atom. The van der Waals surface area contributed by atoms with E-state index in [0.29, 0.717) is 19.5 Å². The van der Waals surface area contributed by atoms with Crippen LogP contribution < -0.4 is 5.32 Å². The molecule has 0 atom stereocenters. The van der Waals surface area contributed by atoms with Crippen LogP contribution in [0.1, 0.15) is 19.8 Å². The van der Waals surface area contributed by atoms with Gasteiger partial charge in [0.2, 0.25) is 5.91 Å². The van der Waals surface area contributed by atoms with Gasteiger partial charge in [0.25, 0.3) is 0 Å². The Bertz CT molecular complexity index is 207. The molecular weight excluding hydrogens is 196 g/mol. The lowest BCUT2D eigenvalue weighted by Crippen LogP contribution is -2.37. The molecule has 0 unspecified atom stereocenters. The van der Waals surface area contributed by atoms with E-state index in [1.165, 1.54) is 12.0 Å². The number of nitrogens with zero attached hydrogens (tertiary/aromatic N) is 1. The zero-order valence-corrected chi connectivity index (χ0v) is 9.71. The smallest absolute Gasteiger partial charge is 0.325 e. The van der Waals surface area contributed by atoms with Crippen molar-refractivity contribution < 1.29 is 14.3 Å². The molecule has 0 aromatic carbocycles. The van der Waals surface area contributed by atoms with Gasteiger partial charge in [-0.1, -0.05) is 6.92 Å². The van der Waals surface area contributed by atoms with Crippen LogP contribution in [0.3, 0.4) is 0 Å². The van der Waals surface area contributed by atoms with E-state index in [1.54, 1.807) is 7.05 Å². The van der Waals surface area contributed by atoms with Gasteiger partial charge in [0.15, 0.2) is 0 Å². The first-order chi connectivity index (χ1) is 7.15. The Morgan fingerprint density at radius 1 is 1.40 bits per heavy atom. The Hall–Kier alpha value is -1.10. The molecule has 1 N–H and O–H groups in total. The molecule has 0 heterocycles. The van der Waals surface area contributed by atoms with Crippen LogP contribution in [-0.2, 0) is 14.3 Å². The Labute approximate surface area is 90.8 Å². The molecule has 1 amide bonds. The lowest BCUT2D eigenvalue weighted by atomic mass is 10.3. The molecule has 0 aliphatic rings. The van der Waals surface area contributed by atoms with Crippen LogP contribution in [0.2, 0.25) is 0 Å². The van der Waals surface area contributed by atoms with Crippen LogP contribution in [0, 0.1) is 0 Å². The highest BCUT2D eigenvalue weighted by Gasteiger charge is 2.15. The van der Waals surface area contributed by atoms with E-state index in [2.05, 4.69) is 10.1 Å². The van der Waals surface area contributed by atoms with Gasteiger partial charge < -0.3 is 15.0 Å². The van der Waals surface area contributed by atoms with Crippen LogP contribution in [0.5, 0.6) is 0 Å². The molecule has 5 heteroatoms. The fourth-order valence-corrected chi connectivity index (χ4v) is 1.17. The number of nitrogens with one attached hydrogen (secondary N) is 1. The van der Waals surface area contributed by atoms with E-state index in [1.807, 2.05) is 6.92 Å². The van der Waals surface area contributed by atoms with Crippen molar-refractivity contribution in [1.82, 2.24) is 10.2 Å². The molecule has 5 nitrogen and oxygen atoms in total. The number of amides is 1. The Morgan fingerprint density at radius 2 is 2.07 bits per heavy atom. The molecule has 0 bridgehead atoms. The van der Waals surface area contributed by atoms with Gasteiger partial charge in [-0.2, -0.15) is 0 Å². The topological polar surface area (TPSA) is 58.6 Å². The first-order valence-electron chi connectivity index (χ1n) is 5.14. The summed E-state index contributed by atoms with van der Waals surface area (Å²) in [6, 6.07) is 0. The molecule has 15 heavy (non-hydrogen) atoms. The fraction of sp³-hybridized carbons (Fsp3) is 0.800. The second-order valence-electron chi connectivity index (χ2n) is 3.24. The van der Waals surface area contributed by atoms with Gasteiger partial charge in [-0.25, -0.2) is 0 Å². The standard InChI is InChI=1S/C10H20N2O3/c1-4-7-12(8-10(14)15-3)9(13)5-6-11-2/h11H,4-8H2,1-3H3. The number of carbonyl (C=O) groups excluding carboxylic acids is 2. The minimum absolute atomic E-state index is 0.0170. The van der Waals surface area contributed by atoms with Crippen molar-refractivity contribution in [3.63, 3.8) is 0 Å². The summed E-state index contributed by atoms with van der Waals surface area (Å²) in [4.78, 5) is 24.2. The monoisotopic (exact) mass is 216 g/mol. The van der Waals surface area contributed by atoms with Crippen LogP contribution >= 0.6 is 0 Å². The molecule has 0 aliphatic carbocycles. The molecular formula is C10H20N2O3. The number of hydrogen-bond donors (Lipinski definition) is 1. The number of ether oxygens (including phenoxy) is 1. The van der Waals surface area contributed by atoms with Crippen LogP contribution in [0.4, 0.5) is 0 Å². The zero-order valence-electron chi connectivity index (χ0n) is 9.71. The maximum atomic E-state index is 11.6. The van der Waals surface area contributed by atoms with Gasteiger partial charge in [-0.15, -0.1) is 0 Å². The SMILES string of the molecule is CCCN(CC(=O)OC)C(=O)CCNC. The highest BCUT2D eigenvalue weighted by Crippen LogP contribution is 1.97. The van der Waals surface area contributed by atoms with E-state index < -0.39 is 0 Å². The summed E-state index contributed by atoms with van der Waals surface area (Å²) in [7, 11) is 3.11. The van der Waals surface area contributed by atoms with Gasteiger partial charge in [0, 0.05) is 19.5 Å². The van der Waals surface area contributed by atoms with Crippen LogP contribution in [-0.4, -0.2) is 50.6 Å². The first-order valence-corrected chi connectivity index (χ1v) is 5.14. The summed E-state index contributed by atoms with van der Waals surface area (Å²) < 4.78 is 4.53. The quantitative estimate of drug-likeness (QED) is 0.609. The lowest BCUT2D eigenvalue weighted by molar-refractivity contribution is -0.147. The molecule has 88 valence electrons. The van der Waals surface area contributed by atoms with Crippen molar-refractivity contribution in [2.45, 2.75) is 19.8 Å². The normalized spacial score (nSPS) is 9.80. The zero-order chi connectivity index (χ0) is 11.7. The van der Waals surface area contributed by atoms with Gasteiger partial charge >= 0.3 is 5.97 Å². The van der Waals surface area contributed by atoms with E-state index in [4.69, 9.17) is 0 Å². The maximum Gasteiger partial charge on any atom is 0.325 e. The van der Waals surface area contributed by atoms with Crippen molar-refractivity contribution >= 4 is 11.9 Å². The summed E-state index contributed by atoms with van der Waals surface area (Å²) in [6.07, 6.45) is 1.25. The second kappa shape index (κ2) is 8.23. The van der Waals surface area contributed by atoms with Gasteiger partial charge in [0.1, 0.15) is 6.54 Å². The van der Waals surface area contributed by atoms with Crippen molar-refractivity contribution in [1.29, 1.82) is 0 Å². The number of rotatable bonds is 7. The average Bonchev–Trinajstić information content (AvgIpc) is 2.24. The van der Waals surface area contributed by atoms with Crippen LogP contribution in [0.15, 0.2) is 0 Å². The average molecular weight is 216 g/mol. The van der Waals surface area contributed by atoms with Gasteiger partial charge in [-0.3, -0.25) is 9.59 Å². The second-order valence-corrected chi connectivity index (χ2v) is 3.24. The summed E-state index contributed by atoms with van der Waals surface area (Å²) in [5.74, 6) is -0.391. The summed E-state index contributed by atoms with van der Waals surface area (Å²) in [5, 5.41) is 2.90. The van der Waals surface area contributed by atoms with E-state index in [0.717, 1.165) is 6.42 Å². The summed E-state index contributed by atoms with van der Waals surface area (Å²) >= 11 is 0. The molecule has 0 aromatic heterocycles. The largest absolute Gasteiger partial charge is 0.468 e. The minimum atomic E-state index is -0.374. The third kappa shape index (κ3) is 6.06.